The first-order valence-electron chi connectivity index (χ1n) is 37.7. The van der Waals surface area contributed by atoms with E-state index in [1.807, 2.05) is 76.2 Å². The number of hydrogen-bond donors (Lipinski definition) is 21. The van der Waals surface area contributed by atoms with Crippen molar-refractivity contribution in [3.05, 3.63) is 102 Å². The smallest absolute Gasteiger partial charge is 0.326 e. The number of nitrogens with one attached hydrogen (secondary N) is 12. The lowest BCUT2D eigenvalue weighted by Gasteiger charge is -2.29. The summed E-state index contributed by atoms with van der Waals surface area (Å²) in [5, 5.41) is 49.2. The van der Waals surface area contributed by atoms with Gasteiger partial charge in [0.1, 0.15) is 66.2 Å². The second-order valence-electron chi connectivity index (χ2n) is 29.1. The molecule has 0 aliphatic carbocycles. The monoisotopic (exact) mass is 1530 g/mol. The molecule has 0 aliphatic rings. The van der Waals surface area contributed by atoms with Gasteiger partial charge in [-0.2, -0.15) is 0 Å². The van der Waals surface area contributed by atoms with E-state index in [2.05, 4.69) is 73.1 Å². The Hall–Kier alpha value is -10.9. The standard InChI is InChI=1S/C76H117N21O13/c1-42(2)34-59(93-65(100)52(79)38-47-40-86-53-20-10-8-18-50(47)53)70(105)94-61(36-44(5)6)72(107)97-63(39-48-41-87-54-21-11-9-19-51(48)54)73(108)95-60(35-43(3)4)71(106)96-62(37-46-26-28-49(98)29-27-46)69(104)88-45(7)64(99)89-57(24-16-32-84-75(80)81)67(102)90-55(22-12-14-30-77)66(101)91-56(23-13-15-31-78)68(103)92-58(74(109)110)25-17-33-85-76(82)83/h8-11,18-21,26-29,40-45,52,55-63,86-87,98H,12-17,22-25,30-39,77-79H2,1-7H3,(H,88,104)(H,89,99)(H,90,102)(H,91,101)(H,92,103)(H,93,100)(H,94,105)(H,95,108)(H,96,106)(H,97,107)(H,109,110)(H4,80,81,84)(H4,82,83,85)/t45-,52-,55-,56-,57-,58-,59-,60-,61-,62-,63-/m0/s1. The van der Waals surface area contributed by atoms with Crippen molar-refractivity contribution < 1.29 is 63.0 Å². The molecule has 28 N–H and O–H groups in total. The molecule has 11 atom stereocenters. The number of carboxylic acid groups (broad SMARTS) is 1. The van der Waals surface area contributed by atoms with Gasteiger partial charge >= 0.3 is 5.97 Å². The lowest BCUT2D eigenvalue weighted by atomic mass is 9.98. The summed E-state index contributed by atoms with van der Waals surface area (Å²) in [7, 11) is 0. The molecule has 5 rings (SSSR count). The number of rotatable bonds is 49. The third-order valence-electron chi connectivity index (χ3n) is 18.3. The van der Waals surface area contributed by atoms with Gasteiger partial charge in [-0.3, -0.25) is 57.9 Å². The number of hydrogen-bond acceptors (Lipinski definition) is 17. The number of H-pyrrole nitrogens is 2. The van der Waals surface area contributed by atoms with Crippen molar-refractivity contribution >= 4 is 98.8 Å². The van der Waals surface area contributed by atoms with E-state index in [1.54, 1.807) is 26.2 Å². The molecule has 34 nitrogen and oxygen atoms in total. The van der Waals surface area contributed by atoms with E-state index in [-0.39, 0.29) is 139 Å². The Bertz CT molecular complexity index is 3910. The maximum Gasteiger partial charge on any atom is 0.326 e. The van der Waals surface area contributed by atoms with Gasteiger partial charge in [-0.15, -0.1) is 0 Å². The maximum absolute atomic E-state index is 15.2. The topological polar surface area (TPSA) is 587 Å². The van der Waals surface area contributed by atoms with Crippen LogP contribution in [-0.2, 0) is 72.0 Å². The van der Waals surface area contributed by atoms with Crippen molar-refractivity contribution in [3.8, 4) is 5.75 Å². The number of fused-ring (bicyclic) bond motifs is 2. The quantitative estimate of drug-likeness (QED) is 0.0140. The van der Waals surface area contributed by atoms with Crippen molar-refractivity contribution in [2.24, 2.45) is 67.9 Å². The summed E-state index contributed by atoms with van der Waals surface area (Å²) in [5.74, 6) is -10.3. The highest BCUT2D eigenvalue weighted by Gasteiger charge is 2.37. The van der Waals surface area contributed by atoms with E-state index >= 15 is 4.79 Å². The van der Waals surface area contributed by atoms with Crippen LogP contribution in [0, 0.1) is 17.8 Å². The summed E-state index contributed by atoms with van der Waals surface area (Å²) in [5.41, 5.74) is 43.6. The highest BCUT2D eigenvalue weighted by atomic mass is 16.4. The maximum atomic E-state index is 15.2. The first kappa shape index (κ1) is 89.8. The van der Waals surface area contributed by atoms with Gasteiger partial charge in [0.2, 0.25) is 59.1 Å². The number of amides is 10. The number of carboxylic acids is 1. The van der Waals surface area contributed by atoms with E-state index in [1.165, 1.54) is 31.2 Å². The minimum absolute atomic E-state index is 0.00184. The molecular weight excluding hydrogens is 1410 g/mol. The zero-order valence-corrected chi connectivity index (χ0v) is 64.1. The average molecular weight is 1530 g/mol. The van der Waals surface area contributed by atoms with Crippen molar-refractivity contribution in [1.29, 1.82) is 0 Å². The molecule has 110 heavy (non-hydrogen) atoms. The number of aromatic nitrogens is 2. The zero-order chi connectivity index (χ0) is 81.1. The van der Waals surface area contributed by atoms with Crippen molar-refractivity contribution in [3.63, 3.8) is 0 Å². The Morgan fingerprint density at radius 2 is 0.727 bits per heavy atom. The predicted octanol–water partition coefficient (Wildman–Crippen LogP) is 0.166. The Morgan fingerprint density at radius 1 is 0.391 bits per heavy atom. The lowest BCUT2D eigenvalue weighted by molar-refractivity contribution is -0.142. The van der Waals surface area contributed by atoms with Gasteiger partial charge in [0.25, 0.3) is 0 Å². The minimum atomic E-state index is -1.49. The minimum Gasteiger partial charge on any atom is -0.508 e. The SMILES string of the molecule is CC(C)C[C@H](NC(=O)[C@H](Cc1c[nH]c2ccccc12)NC(=O)[C@H](CC(C)C)NC(=O)[C@H](CC(C)C)NC(=O)[C@@H](N)Cc1c[nH]c2ccccc12)C(=O)N[C@@H](Cc1ccc(O)cc1)C(=O)N[C@@H](C)C(=O)N[C@@H](CCCN=C(N)N)C(=O)N[C@@H](CCCCN)C(=O)N[C@@H](CCCCN)C(=O)N[C@@H](CCCN=C(N)N)C(=O)O. The molecule has 0 fully saturated rings. The number of phenolic OH excluding ortho intramolecular Hbond substituents is 1. The summed E-state index contributed by atoms with van der Waals surface area (Å²) in [4.78, 5) is 172. The summed E-state index contributed by atoms with van der Waals surface area (Å²) in [6.07, 6.45) is 5.30. The fourth-order valence-electron chi connectivity index (χ4n) is 12.5. The highest BCUT2D eigenvalue weighted by molar-refractivity contribution is 6.00. The number of para-hydroxylation sites is 2. The van der Waals surface area contributed by atoms with Crippen molar-refractivity contribution in [1.82, 2.24) is 63.1 Å². The lowest BCUT2D eigenvalue weighted by Crippen LogP contribution is -2.61. The molecule has 3 aromatic carbocycles. The van der Waals surface area contributed by atoms with Gasteiger partial charge in [-0.1, -0.05) is 90.1 Å². The van der Waals surface area contributed by atoms with Crippen LogP contribution in [0.1, 0.15) is 149 Å². The molecule has 5 aromatic rings. The van der Waals surface area contributed by atoms with Crippen LogP contribution in [0.3, 0.4) is 0 Å². The van der Waals surface area contributed by atoms with Crippen LogP contribution in [0.5, 0.6) is 5.75 Å². The number of nitrogens with zero attached hydrogens (tertiary/aromatic N) is 2. The Balaban J connectivity index is 1.40. The summed E-state index contributed by atoms with van der Waals surface area (Å²) in [6, 6.07) is 6.14. The number of aliphatic imine (C=N–C) groups is 2. The van der Waals surface area contributed by atoms with Gasteiger partial charge in [-0.25, -0.2) is 4.79 Å². The van der Waals surface area contributed by atoms with E-state index in [0.29, 0.717) is 36.8 Å². The Morgan fingerprint density at radius 3 is 1.15 bits per heavy atom. The highest BCUT2D eigenvalue weighted by Crippen LogP contribution is 2.23. The molecule has 0 aliphatic heterocycles. The number of nitrogens with two attached hydrogens (primary N) is 7. The third-order valence-corrected chi connectivity index (χ3v) is 18.3. The average Bonchev–Trinajstić information content (AvgIpc) is 1.64. The second-order valence-corrected chi connectivity index (χ2v) is 29.1. The molecule has 34 heteroatoms. The summed E-state index contributed by atoms with van der Waals surface area (Å²) < 4.78 is 0. The van der Waals surface area contributed by atoms with Crippen LogP contribution >= 0.6 is 0 Å². The molecule has 0 spiro atoms. The number of unbranched alkanes of at least 4 members (excludes halogenated alkanes) is 2. The summed E-state index contributed by atoms with van der Waals surface area (Å²) in [6.45, 7) is 13.0. The van der Waals surface area contributed by atoms with E-state index < -0.39 is 132 Å². The van der Waals surface area contributed by atoms with Gasteiger partial charge in [-0.05, 0) is 169 Å². The molecule has 604 valence electrons. The van der Waals surface area contributed by atoms with Crippen LogP contribution in [-0.4, -0.2) is 190 Å². The zero-order valence-electron chi connectivity index (χ0n) is 64.1. The molecule has 0 radical (unpaired) electrons. The van der Waals surface area contributed by atoms with Crippen LogP contribution < -0.4 is 93.3 Å². The van der Waals surface area contributed by atoms with Gasteiger partial charge < -0.3 is 113 Å². The number of aliphatic carboxylic acids is 1. The number of benzene rings is 3. The Kier molecular flexibility index (Phi) is 37.4. The molecule has 0 bridgehead atoms. The van der Waals surface area contributed by atoms with E-state index in [4.69, 9.17) is 40.1 Å². The second kappa shape index (κ2) is 45.8. The molecule has 0 unspecified atom stereocenters. The van der Waals surface area contributed by atoms with Crippen molar-refractivity contribution in [2.75, 3.05) is 26.2 Å². The van der Waals surface area contributed by atoms with Crippen LogP contribution in [0.2, 0.25) is 0 Å². The molecule has 2 heterocycles. The number of guanidine groups is 2. The van der Waals surface area contributed by atoms with E-state index in [0.717, 1.165) is 27.4 Å². The first-order chi connectivity index (χ1) is 52.3. The molecule has 0 saturated carbocycles. The van der Waals surface area contributed by atoms with Gasteiger partial charge in [0, 0.05) is 60.1 Å². The largest absolute Gasteiger partial charge is 0.508 e. The number of aromatic hydroxyl groups is 1. The molecule has 2 aromatic heterocycles. The first-order valence-corrected chi connectivity index (χ1v) is 37.7. The number of phenols is 1. The Labute approximate surface area is 641 Å². The van der Waals surface area contributed by atoms with Crippen LogP contribution in [0.4, 0.5) is 0 Å². The summed E-state index contributed by atoms with van der Waals surface area (Å²) >= 11 is 0. The van der Waals surface area contributed by atoms with Crippen molar-refractivity contribution in [2.45, 2.75) is 218 Å². The number of carbonyl (C=O) groups excluding carboxylic acids is 10. The van der Waals surface area contributed by atoms with Gasteiger partial charge in [0.05, 0.1) is 6.04 Å². The molecule has 0 saturated heterocycles. The number of carbonyl (C=O) groups is 11. The van der Waals surface area contributed by atoms with Crippen LogP contribution in [0.15, 0.2) is 95.2 Å². The van der Waals surface area contributed by atoms with Gasteiger partial charge in [0.15, 0.2) is 11.9 Å². The van der Waals surface area contributed by atoms with Crippen LogP contribution in [0.25, 0.3) is 21.8 Å². The third kappa shape index (κ3) is 30.6. The van der Waals surface area contributed by atoms with E-state index in [9.17, 15) is 58.2 Å². The fraction of sp³-hybridized carbons (Fsp3) is 0.539. The predicted molar refractivity (Wildman–Crippen MR) is 420 cm³/mol. The fourth-order valence-corrected chi connectivity index (χ4v) is 12.5. The number of aromatic amines is 2. The molecule has 10 amide bonds. The normalized spacial score (nSPS) is 14.4. The molecular formula is C76H117N21O13.